The van der Waals surface area contributed by atoms with Gasteiger partial charge < -0.3 is 10.1 Å². The SMILES string of the molecule is CC(C)(C)CCOC(=O)[C@H]1CCCN1. The maximum atomic E-state index is 11.4. The number of carbonyl (C=O) groups is 1. The third kappa shape index (κ3) is 4.09. The average molecular weight is 199 g/mol. The van der Waals surface area contributed by atoms with Crippen molar-refractivity contribution < 1.29 is 9.53 Å². The summed E-state index contributed by atoms with van der Waals surface area (Å²) in [4.78, 5) is 11.4. The lowest BCUT2D eigenvalue weighted by Crippen LogP contribution is -2.32. The molecule has 0 bridgehead atoms. The monoisotopic (exact) mass is 199 g/mol. The summed E-state index contributed by atoms with van der Waals surface area (Å²) in [7, 11) is 0. The molecule has 3 nitrogen and oxygen atoms in total. The van der Waals surface area contributed by atoms with Crippen LogP contribution in [0.4, 0.5) is 0 Å². The molecule has 0 aromatic carbocycles. The van der Waals surface area contributed by atoms with E-state index in [9.17, 15) is 4.79 Å². The highest BCUT2D eigenvalue weighted by Crippen LogP contribution is 2.18. The predicted octanol–water partition coefficient (Wildman–Crippen LogP) is 1.72. The Labute approximate surface area is 86.2 Å². The van der Waals surface area contributed by atoms with E-state index in [-0.39, 0.29) is 17.4 Å². The van der Waals surface area contributed by atoms with Gasteiger partial charge in [-0.25, -0.2) is 0 Å². The van der Waals surface area contributed by atoms with Gasteiger partial charge >= 0.3 is 5.97 Å². The minimum atomic E-state index is -0.0771. The maximum absolute atomic E-state index is 11.4. The van der Waals surface area contributed by atoms with Gasteiger partial charge in [-0.15, -0.1) is 0 Å². The second kappa shape index (κ2) is 4.78. The number of carbonyl (C=O) groups excluding carboxylic acids is 1. The number of ether oxygens (including phenoxy) is 1. The minimum Gasteiger partial charge on any atom is -0.465 e. The summed E-state index contributed by atoms with van der Waals surface area (Å²) in [5, 5.41) is 3.13. The van der Waals surface area contributed by atoms with Crippen LogP contribution in [0.3, 0.4) is 0 Å². The maximum Gasteiger partial charge on any atom is 0.323 e. The van der Waals surface area contributed by atoms with Gasteiger partial charge in [0.15, 0.2) is 0 Å². The first kappa shape index (κ1) is 11.5. The molecule has 1 rings (SSSR count). The summed E-state index contributed by atoms with van der Waals surface area (Å²) in [5.41, 5.74) is 0.239. The van der Waals surface area contributed by atoms with E-state index in [0.29, 0.717) is 6.61 Å². The molecule has 1 atom stereocenters. The molecule has 0 unspecified atom stereocenters. The van der Waals surface area contributed by atoms with Crippen molar-refractivity contribution in [3.05, 3.63) is 0 Å². The molecule has 0 amide bonds. The standard InChI is InChI=1S/C11H21NO2/c1-11(2,3)6-8-14-10(13)9-5-4-7-12-9/h9,12H,4-8H2,1-3H3/t9-/m1/s1. The fourth-order valence-electron chi connectivity index (χ4n) is 1.44. The Morgan fingerprint density at radius 3 is 2.71 bits per heavy atom. The lowest BCUT2D eigenvalue weighted by Gasteiger charge is -2.18. The predicted molar refractivity (Wildman–Crippen MR) is 56.1 cm³/mol. The molecule has 1 aliphatic heterocycles. The van der Waals surface area contributed by atoms with Crippen LogP contribution >= 0.6 is 0 Å². The molecule has 1 saturated heterocycles. The summed E-state index contributed by atoms with van der Waals surface area (Å²) >= 11 is 0. The van der Waals surface area contributed by atoms with Crippen LogP contribution in [-0.2, 0) is 9.53 Å². The van der Waals surface area contributed by atoms with Gasteiger partial charge in [0.05, 0.1) is 6.61 Å². The topological polar surface area (TPSA) is 38.3 Å². The Hall–Kier alpha value is -0.570. The lowest BCUT2D eigenvalue weighted by atomic mass is 9.93. The summed E-state index contributed by atoms with van der Waals surface area (Å²) in [6.45, 7) is 7.93. The van der Waals surface area contributed by atoms with Crippen molar-refractivity contribution in [3.8, 4) is 0 Å². The zero-order valence-corrected chi connectivity index (χ0v) is 9.43. The molecular formula is C11H21NO2. The zero-order valence-electron chi connectivity index (χ0n) is 9.43. The fourth-order valence-corrected chi connectivity index (χ4v) is 1.44. The Bertz CT molecular complexity index is 190. The summed E-state index contributed by atoms with van der Waals surface area (Å²) in [6, 6.07) is -0.0463. The van der Waals surface area contributed by atoms with E-state index in [1.165, 1.54) is 0 Å². The largest absolute Gasteiger partial charge is 0.465 e. The molecule has 1 heterocycles. The minimum absolute atomic E-state index is 0.0463. The molecule has 0 saturated carbocycles. The first-order chi connectivity index (χ1) is 6.49. The van der Waals surface area contributed by atoms with Gasteiger partial charge in [-0.3, -0.25) is 4.79 Å². The molecule has 3 heteroatoms. The molecule has 14 heavy (non-hydrogen) atoms. The molecule has 0 radical (unpaired) electrons. The average Bonchev–Trinajstić information content (AvgIpc) is 2.53. The summed E-state index contributed by atoms with van der Waals surface area (Å²) in [6.07, 6.45) is 2.93. The van der Waals surface area contributed by atoms with Gasteiger partial charge in [-0.1, -0.05) is 20.8 Å². The molecule has 1 N–H and O–H groups in total. The van der Waals surface area contributed by atoms with Crippen molar-refractivity contribution in [3.63, 3.8) is 0 Å². The van der Waals surface area contributed by atoms with E-state index in [1.807, 2.05) is 0 Å². The third-order valence-corrected chi connectivity index (χ3v) is 2.44. The second-order valence-corrected chi connectivity index (χ2v) is 5.13. The molecule has 0 spiro atoms. The van der Waals surface area contributed by atoms with Crippen LogP contribution in [0.2, 0.25) is 0 Å². The van der Waals surface area contributed by atoms with E-state index in [4.69, 9.17) is 4.74 Å². The van der Waals surface area contributed by atoms with Gasteiger partial charge in [0.1, 0.15) is 6.04 Å². The van der Waals surface area contributed by atoms with Crippen LogP contribution in [0, 0.1) is 5.41 Å². The van der Waals surface area contributed by atoms with Gasteiger partial charge in [0.25, 0.3) is 0 Å². The normalized spacial score (nSPS) is 22.4. The molecule has 1 aliphatic rings. The van der Waals surface area contributed by atoms with Crippen molar-refractivity contribution in [2.75, 3.05) is 13.2 Å². The number of esters is 1. The highest BCUT2D eigenvalue weighted by Gasteiger charge is 2.23. The summed E-state index contributed by atoms with van der Waals surface area (Å²) in [5.74, 6) is -0.0771. The summed E-state index contributed by atoms with van der Waals surface area (Å²) < 4.78 is 5.20. The molecule has 0 aromatic heterocycles. The van der Waals surface area contributed by atoms with Crippen LogP contribution in [0.15, 0.2) is 0 Å². The fraction of sp³-hybridized carbons (Fsp3) is 0.909. The van der Waals surface area contributed by atoms with Crippen LogP contribution in [-0.4, -0.2) is 25.2 Å². The first-order valence-electron chi connectivity index (χ1n) is 5.39. The number of rotatable bonds is 3. The van der Waals surface area contributed by atoms with Crippen molar-refractivity contribution in [1.29, 1.82) is 0 Å². The number of hydrogen-bond donors (Lipinski definition) is 1. The lowest BCUT2D eigenvalue weighted by molar-refractivity contribution is -0.146. The van der Waals surface area contributed by atoms with E-state index >= 15 is 0 Å². The first-order valence-corrected chi connectivity index (χ1v) is 5.39. The van der Waals surface area contributed by atoms with Crippen LogP contribution in [0.25, 0.3) is 0 Å². The van der Waals surface area contributed by atoms with E-state index in [1.54, 1.807) is 0 Å². The zero-order chi connectivity index (χ0) is 10.6. The van der Waals surface area contributed by atoms with Crippen molar-refractivity contribution in [2.24, 2.45) is 5.41 Å². The molecule has 0 aliphatic carbocycles. The van der Waals surface area contributed by atoms with Gasteiger partial charge in [0, 0.05) is 0 Å². The Kier molecular flexibility index (Phi) is 3.93. The van der Waals surface area contributed by atoms with Gasteiger partial charge in [0.2, 0.25) is 0 Å². The van der Waals surface area contributed by atoms with Crippen LogP contribution in [0.5, 0.6) is 0 Å². The van der Waals surface area contributed by atoms with Gasteiger partial charge in [-0.2, -0.15) is 0 Å². The van der Waals surface area contributed by atoms with E-state index in [2.05, 4.69) is 26.1 Å². The van der Waals surface area contributed by atoms with E-state index in [0.717, 1.165) is 25.8 Å². The molecule has 0 aromatic rings. The van der Waals surface area contributed by atoms with Crippen LogP contribution < -0.4 is 5.32 Å². The Morgan fingerprint density at radius 2 is 2.21 bits per heavy atom. The van der Waals surface area contributed by atoms with E-state index < -0.39 is 0 Å². The van der Waals surface area contributed by atoms with Crippen molar-refractivity contribution in [2.45, 2.75) is 46.1 Å². The Balaban J connectivity index is 2.15. The molecular weight excluding hydrogens is 178 g/mol. The van der Waals surface area contributed by atoms with Crippen molar-refractivity contribution in [1.82, 2.24) is 5.32 Å². The number of hydrogen-bond acceptors (Lipinski definition) is 3. The molecule has 82 valence electrons. The smallest absolute Gasteiger partial charge is 0.323 e. The second-order valence-electron chi connectivity index (χ2n) is 5.13. The quantitative estimate of drug-likeness (QED) is 0.703. The number of nitrogens with one attached hydrogen (secondary N) is 1. The highest BCUT2D eigenvalue weighted by molar-refractivity contribution is 5.76. The Morgan fingerprint density at radius 1 is 1.50 bits per heavy atom. The third-order valence-electron chi connectivity index (χ3n) is 2.44. The highest BCUT2D eigenvalue weighted by atomic mass is 16.5. The van der Waals surface area contributed by atoms with Crippen molar-refractivity contribution >= 4 is 5.97 Å². The molecule has 1 fully saturated rings. The van der Waals surface area contributed by atoms with Gasteiger partial charge in [-0.05, 0) is 31.2 Å². The van der Waals surface area contributed by atoms with Crippen LogP contribution in [0.1, 0.15) is 40.0 Å².